The molecule has 0 aliphatic carbocycles. The zero-order valence-corrected chi connectivity index (χ0v) is 11.4. The van der Waals surface area contributed by atoms with Gasteiger partial charge < -0.3 is 10.1 Å². The molecule has 3 rings (SSSR count). The summed E-state index contributed by atoms with van der Waals surface area (Å²) in [5.74, 6) is 0.931. The van der Waals surface area contributed by atoms with E-state index in [1.807, 2.05) is 24.3 Å². The van der Waals surface area contributed by atoms with Crippen molar-refractivity contribution in [3.8, 4) is 5.75 Å². The van der Waals surface area contributed by atoms with Crippen molar-refractivity contribution in [3.63, 3.8) is 0 Å². The van der Waals surface area contributed by atoms with Gasteiger partial charge in [0.2, 0.25) is 5.91 Å². The Morgan fingerprint density at radius 2 is 2.20 bits per heavy atom. The van der Waals surface area contributed by atoms with E-state index in [1.54, 1.807) is 18.3 Å². The molecular weight excluding hydrogens is 276 g/mol. The lowest BCUT2D eigenvalue weighted by molar-refractivity contribution is -0.118. The molecule has 0 spiro atoms. The third-order valence-electron chi connectivity index (χ3n) is 3.25. The zero-order chi connectivity index (χ0) is 13.9. The summed E-state index contributed by atoms with van der Waals surface area (Å²) in [5.41, 5.74) is 0.915. The predicted molar refractivity (Wildman–Crippen MR) is 77.2 cm³/mol. The van der Waals surface area contributed by atoms with E-state index in [1.165, 1.54) is 0 Å². The highest BCUT2D eigenvalue weighted by atomic mass is 35.5. The maximum absolute atomic E-state index is 12.4. The number of pyridine rings is 1. The smallest absolute Gasteiger partial charge is 0.233 e. The van der Waals surface area contributed by atoms with E-state index >= 15 is 0 Å². The van der Waals surface area contributed by atoms with Gasteiger partial charge in [0.05, 0.1) is 12.5 Å². The van der Waals surface area contributed by atoms with Crippen molar-refractivity contribution in [1.29, 1.82) is 0 Å². The topological polar surface area (TPSA) is 51.2 Å². The van der Waals surface area contributed by atoms with E-state index < -0.39 is 0 Å². The summed E-state index contributed by atoms with van der Waals surface area (Å²) in [6.45, 7) is 0.540. The summed E-state index contributed by atoms with van der Waals surface area (Å²) in [4.78, 5) is 16.5. The Hall–Kier alpha value is -2.07. The largest absolute Gasteiger partial charge is 0.493 e. The van der Waals surface area contributed by atoms with Crippen molar-refractivity contribution < 1.29 is 9.53 Å². The molecule has 0 fully saturated rings. The maximum Gasteiger partial charge on any atom is 0.233 e. The molecule has 5 heteroatoms. The molecule has 0 bridgehead atoms. The van der Waals surface area contributed by atoms with Gasteiger partial charge in [-0.1, -0.05) is 29.8 Å². The number of para-hydroxylation sites is 1. The Bertz CT molecular complexity index is 645. The third kappa shape index (κ3) is 2.60. The lowest BCUT2D eigenvalue weighted by atomic mass is 9.92. The lowest BCUT2D eigenvalue weighted by Gasteiger charge is -2.24. The highest BCUT2D eigenvalue weighted by Crippen LogP contribution is 2.34. The van der Waals surface area contributed by atoms with Crippen LogP contribution in [0.3, 0.4) is 0 Å². The number of ether oxygens (including phenoxy) is 1. The average Bonchev–Trinajstić information content (AvgIpc) is 2.46. The SMILES string of the molecule is O=C(Nc1cc(Cl)ccn1)C1CCOc2ccccc21. The van der Waals surface area contributed by atoms with Crippen LogP contribution in [0, 0.1) is 0 Å². The monoisotopic (exact) mass is 288 g/mol. The number of nitrogens with zero attached hydrogens (tertiary/aromatic N) is 1. The summed E-state index contributed by atoms with van der Waals surface area (Å²) in [7, 11) is 0. The van der Waals surface area contributed by atoms with E-state index in [-0.39, 0.29) is 11.8 Å². The summed E-state index contributed by atoms with van der Waals surface area (Å²) in [6.07, 6.45) is 2.22. The van der Waals surface area contributed by atoms with Crippen molar-refractivity contribution >= 4 is 23.3 Å². The Morgan fingerprint density at radius 3 is 3.05 bits per heavy atom. The number of fused-ring (bicyclic) bond motifs is 1. The molecule has 0 saturated carbocycles. The molecule has 2 aromatic rings. The highest BCUT2D eigenvalue weighted by Gasteiger charge is 2.27. The van der Waals surface area contributed by atoms with Crippen molar-refractivity contribution in [2.24, 2.45) is 0 Å². The normalized spacial score (nSPS) is 16.9. The van der Waals surface area contributed by atoms with Crippen molar-refractivity contribution in [2.45, 2.75) is 12.3 Å². The molecule has 0 saturated heterocycles. The van der Waals surface area contributed by atoms with E-state index in [9.17, 15) is 4.79 Å². The number of amides is 1. The van der Waals surface area contributed by atoms with Crippen LogP contribution >= 0.6 is 11.6 Å². The number of carbonyl (C=O) groups is 1. The second-order valence-corrected chi connectivity index (χ2v) is 5.01. The van der Waals surface area contributed by atoms with Crippen LogP contribution in [0.2, 0.25) is 5.02 Å². The van der Waals surface area contributed by atoms with Gasteiger partial charge in [-0.2, -0.15) is 0 Å². The van der Waals surface area contributed by atoms with Crippen LogP contribution < -0.4 is 10.1 Å². The molecule has 1 aromatic carbocycles. The molecule has 2 heterocycles. The molecule has 4 nitrogen and oxygen atoms in total. The molecular formula is C15H13ClN2O2. The van der Waals surface area contributed by atoms with Gasteiger partial charge >= 0.3 is 0 Å². The lowest BCUT2D eigenvalue weighted by Crippen LogP contribution is -2.26. The zero-order valence-electron chi connectivity index (χ0n) is 10.7. The fourth-order valence-electron chi connectivity index (χ4n) is 2.30. The van der Waals surface area contributed by atoms with Crippen LogP contribution in [0.1, 0.15) is 17.9 Å². The Balaban J connectivity index is 1.82. The Labute approximate surface area is 121 Å². The van der Waals surface area contributed by atoms with Crippen LogP contribution in [0.4, 0.5) is 5.82 Å². The van der Waals surface area contributed by atoms with Gasteiger partial charge in [-0.15, -0.1) is 0 Å². The fourth-order valence-corrected chi connectivity index (χ4v) is 2.46. The second kappa shape index (κ2) is 5.51. The predicted octanol–water partition coefficient (Wildman–Crippen LogP) is 3.24. The fraction of sp³-hybridized carbons (Fsp3) is 0.200. The third-order valence-corrected chi connectivity index (χ3v) is 3.48. The van der Waals surface area contributed by atoms with Gasteiger partial charge in [-0.05, 0) is 24.6 Å². The first-order valence-corrected chi connectivity index (χ1v) is 6.76. The van der Waals surface area contributed by atoms with E-state index in [0.717, 1.165) is 11.3 Å². The van der Waals surface area contributed by atoms with E-state index in [4.69, 9.17) is 16.3 Å². The van der Waals surface area contributed by atoms with Gasteiger partial charge in [-0.3, -0.25) is 4.79 Å². The number of anilines is 1. The number of hydrogen-bond donors (Lipinski definition) is 1. The van der Waals surface area contributed by atoms with Crippen molar-refractivity contribution in [2.75, 3.05) is 11.9 Å². The minimum Gasteiger partial charge on any atom is -0.493 e. The summed E-state index contributed by atoms with van der Waals surface area (Å²) in [6, 6.07) is 10.9. The second-order valence-electron chi connectivity index (χ2n) is 4.58. The van der Waals surface area contributed by atoms with Crippen LogP contribution in [-0.4, -0.2) is 17.5 Å². The molecule has 20 heavy (non-hydrogen) atoms. The van der Waals surface area contributed by atoms with Gasteiger partial charge in [0, 0.05) is 16.8 Å². The van der Waals surface area contributed by atoms with Gasteiger partial charge in [-0.25, -0.2) is 4.98 Å². The molecule has 1 aliphatic rings. The Morgan fingerprint density at radius 1 is 1.35 bits per heavy atom. The maximum atomic E-state index is 12.4. The number of aromatic nitrogens is 1. The van der Waals surface area contributed by atoms with E-state index in [0.29, 0.717) is 23.9 Å². The van der Waals surface area contributed by atoms with Crippen molar-refractivity contribution in [3.05, 3.63) is 53.2 Å². The van der Waals surface area contributed by atoms with Gasteiger partial charge in [0.25, 0.3) is 0 Å². The summed E-state index contributed by atoms with van der Waals surface area (Å²) >= 11 is 5.88. The first-order chi connectivity index (χ1) is 9.74. The molecule has 1 amide bonds. The molecule has 1 atom stereocenters. The minimum absolute atomic E-state index is 0.0875. The summed E-state index contributed by atoms with van der Waals surface area (Å²) in [5, 5.41) is 3.35. The molecule has 1 aromatic heterocycles. The quantitative estimate of drug-likeness (QED) is 0.923. The number of benzene rings is 1. The van der Waals surface area contributed by atoms with Crippen LogP contribution in [-0.2, 0) is 4.79 Å². The number of carbonyl (C=O) groups excluding carboxylic acids is 1. The highest BCUT2D eigenvalue weighted by molar-refractivity contribution is 6.30. The van der Waals surface area contributed by atoms with Crippen LogP contribution in [0.25, 0.3) is 0 Å². The standard InChI is InChI=1S/C15H13ClN2O2/c16-10-5-7-17-14(9-10)18-15(19)12-6-8-20-13-4-2-1-3-11(12)13/h1-5,7,9,12H,6,8H2,(H,17,18,19). The Kier molecular flexibility index (Phi) is 3.56. The molecule has 0 radical (unpaired) electrons. The molecule has 102 valence electrons. The minimum atomic E-state index is -0.222. The van der Waals surface area contributed by atoms with E-state index in [2.05, 4.69) is 10.3 Å². The first kappa shape index (κ1) is 12.9. The molecule has 1 N–H and O–H groups in total. The average molecular weight is 289 g/mol. The van der Waals surface area contributed by atoms with Crippen molar-refractivity contribution in [1.82, 2.24) is 4.98 Å². The summed E-state index contributed by atoms with van der Waals surface area (Å²) < 4.78 is 5.56. The number of rotatable bonds is 2. The van der Waals surface area contributed by atoms with Crippen LogP contribution in [0.5, 0.6) is 5.75 Å². The number of halogens is 1. The first-order valence-electron chi connectivity index (χ1n) is 6.38. The van der Waals surface area contributed by atoms with Gasteiger partial charge in [0.15, 0.2) is 0 Å². The van der Waals surface area contributed by atoms with Crippen LogP contribution in [0.15, 0.2) is 42.6 Å². The number of hydrogen-bond acceptors (Lipinski definition) is 3. The molecule has 1 aliphatic heterocycles. The van der Waals surface area contributed by atoms with Gasteiger partial charge in [0.1, 0.15) is 11.6 Å². The molecule has 1 unspecified atom stereocenters. The number of nitrogens with one attached hydrogen (secondary N) is 1.